The van der Waals surface area contributed by atoms with Gasteiger partial charge >= 0.3 is 6.03 Å². The fourth-order valence-electron chi connectivity index (χ4n) is 3.72. The zero-order valence-corrected chi connectivity index (χ0v) is 12.3. The number of carbonyl (C=O) groups is 1. The van der Waals surface area contributed by atoms with Crippen molar-refractivity contribution in [2.24, 2.45) is 5.41 Å². The molecule has 1 aromatic rings. The lowest BCUT2D eigenvalue weighted by atomic mass is 9.69. The molecule has 4 rings (SSSR count). The molecule has 2 aliphatic carbocycles. The van der Waals surface area contributed by atoms with Gasteiger partial charge in [-0.1, -0.05) is 19.3 Å². The summed E-state index contributed by atoms with van der Waals surface area (Å²) in [4.78, 5) is 14.1. The van der Waals surface area contributed by atoms with Gasteiger partial charge in [-0.2, -0.15) is 5.10 Å². The van der Waals surface area contributed by atoms with E-state index in [0.717, 1.165) is 18.8 Å². The van der Waals surface area contributed by atoms with Gasteiger partial charge in [0, 0.05) is 24.4 Å². The summed E-state index contributed by atoms with van der Waals surface area (Å²) >= 11 is 0. The van der Waals surface area contributed by atoms with Crippen molar-refractivity contribution in [1.82, 2.24) is 15.1 Å². The first-order valence-electron chi connectivity index (χ1n) is 8.14. The van der Waals surface area contributed by atoms with E-state index < -0.39 is 0 Å². The number of hydrogen-bond acceptors (Lipinski definition) is 3. The van der Waals surface area contributed by atoms with Crippen molar-refractivity contribution in [2.75, 3.05) is 18.4 Å². The van der Waals surface area contributed by atoms with Crippen molar-refractivity contribution in [3.05, 3.63) is 17.8 Å². The van der Waals surface area contributed by atoms with Crippen molar-refractivity contribution in [3.8, 4) is 0 Å². The molecule has 0 radical (unpaired) electrons. The van der Waals surface area contributed by atoms with E-state index in [1.807, 2.05) is 17.0 Å². The molecule has 2 amide bonds. The average molecular weight is 286 g/mol. The van der Waals surface area contributed by atoms with E-state index >= 15 is 0 Å². The summed E-state index contributed by atoms with van der Waals surface area (Å²) < 4.78 is 0. The maximum atomic E-state index is 12.2. The van der Waals surface area contributed by atoms with E-state index in [0.29, 0.717) is 17.2 Å². The monoisotopic (exact) mass is 286 g/mol. The summed E-state index contributed by atoms with van der Waals surface area (Å²) in [6.07, 6.45) is 9.01. The maximum absolute atomic E-state index is 12.2. The Bertz CT molecular complexity index is 524. The van der Waals surface area contributed by atoms with Crippen LogP contribution in [0.25, 0.3) is 0 Å². The second-order valence-corrected chi connectivity index (χ2v) is 6.96. The van der Waals surface area contributed by atoms with Crippen molar-refractivity contribution in [3.63, 3.8) is 0 Å². The van der Waals surface area contributed by atoms with E-state index in [2.05, 4.69) is 15.5 Å². The molecule has 2 heterocycles. The fraction of sp³-hybridized carbons (Fsp3) is 0.688. The van der Waals surface area contributed by atoms with Gasteiger partial charge in [-0.15, -0.1) is 5.10 Å². The Balaban J connectivity index is 1.31. The number of hydrogen-bond donors (Lipinski definition) is 1. The SMILES string of the molecule is O=C(Nc1ccc(C2CC2)nn1)N1CC2(CCCCC2)C1. The maximum Gasteiger partial charge on any atom is 0.323 e. The first-order valence-corrected chi connectivity index (χ1v) is 8.14. The van der Waals surface area contributed by atoms with Crippen LogP contribution in [0.1, 0.15) is 56.6 Å². The molecule has 1 aromatic heterocycles. The Labute approximate surface area is 125 Å². The number of rotatable bonds is 2. The standard InChI is InChI=1S/C16H22N4O/c21-15(20-10-16(11-20)8-2-1-3-9-16)17-14-7-6-13(18-19-14)12-4-5-12/h6-7,12H,1-5,8-11H2,(H,17,19,21). The molecule has 5 nitrogen and oxygen atoms in total. The van der Waals surface area contributed by atoms with Crippen molar-refractivity contribution < 1.29 is 4.79 Å². The zero-order valence-electron chi connectivity index (χ0n) is 12.3. The number of aromatic nitrogens is 2. The molecule has 0 atom stereocenters. The number of nitrogens with one attached hydrogen (secondary N) is 1. The molecule has 0 bridgehead atoms. The van der Waals surface area contributed by atoms with Gasteiger partial charge in [0.2, 0.25) is 0 Å². The van der Waals surface area contributed by atoms with Crippen LogP contribution in [0.5, 0.6) is 0 Å². The van der Waals surface area contributed by atoms with E-state index in [1.165, 1.54) is 44.9 Å². The smallest absolute Gasteiger partial charge is 0.323 e. The van der Waals surface area contributed by atoms with Gasteiger partial charge in [0.05, 0.1) is 5.69 Å². The van der Waals surface area contributed by atoms with Gasteiger partial charge in [-0.3, -0.25) is 5.32 Å². The van der Waals surface area contributed by atoms with Crippen molar-refractivity contribution >= 4 is 11.8 Å². The third-order valence-corrected chi connectivity index (χ3v) is 5.17. The molecule has 3 aliphatic rings. The van der Waals surface area contributed by atoms with Crippen LogP contribution < -0.4 is 5.32 Å². The lowest BCUT2D eigenvalue weighted by molar-refractivity contribution is 0.00512. The normalized spacial score (nSPS) is 23.7. The number of amides is 2. The van der Waals surface area contributed by atoms with Gasteiger partial charge in [0.25, 0.3) is 0 Å². The summed E-state index contributed by atoms with van der Waals surface area (Å²) in [5, 5.41) is 11.2. The molecule has 2 saturated carbocycles. The highest BCUT2D eigenvalue weighted by Gasteiger charge is 2.45. The summed E-state index contributed by atoms with van der Waals surface area (Å²) in [5.74, 6) is 1.16. The molecule has 1 aliphatic heterocycles. The predicted octanol–water partition coefficient (Wildman–Crippen LogP) is 3.15. The fourth-order valence-corrected chi connectivity index (χ4v) is 3.72. The topological polar surface area (TPSA) is 58.1 Å². The molecule has 0 unspecified atom stereocenters. The second kappa shape index (κ2) is 4.97. The van der Waals surface area contributed by atoms with Gasteiger partial charge < -0.3 is 4.90 Å². The van der Waals surface area contributed by atoms with E-state index in [-0.39, 0.29) is 6.03 Å². The highest BCUT2D eigenvalue weighted by atomic mass is 16.2. The third-order valence-electron chi connectivity index (χ3n) is 5.17. The zero-order chi connectivity index (χ0) is 14.3. The first kappa shape index (κ1) is 13.0. The predicted molar refractivity (Wildman–Crippen MR) is 80.1 cm³/mol. The first-order chi connectivity index (χ1) is 10.2. The lowest BCUT2D eigenvalue weighted by Gasteiger charge is -2.52. The van der Waals surface area contributed by atoms with Crippen LogP contribution in [-0.2, 0) is 0 Å². The Kier molecular flexibility index (Phi) is 3.08. The molecule has 3 fully saturated rings. The molecular formula is C16H22N4O. The van der Waals surface area contributed by atoms with Gasteiger partial charge in [-0.05, 0) is 37.8 Å². The van der Waals surface area contributed by atoms with Crippen LogP contribution >= 0.6 is 0 Å². The lowest BCUT2D eigenvalue weighted by Crippen LogP contribution is -2.60. The van der Waals surface area contributed by atoms with Gasteiger partial charge in [0.15, 0.2) is 5.82 Å². The quantitative estimate of drug-likeness (QED) is 0.908. The Morgan fingerprint density at radius 2 is 1.90 bits per heavy atom. The molecule has 5 heteroatoms. The second-order valence-electron chi connectivity index (χ2n) is 6.96. The minimum absolute atomic E-state index is 0.0281. The van der Waals surface area contributed by atoms with Crippen LogP contribution in [-0.4, -0.2) is 34.2 Å². The number of likely N-dealkylation sites (tertiary alicyclic amines) is 1. The minimum Gasteiger partial charge on any atom is -0.323 e. The van der Waals surface area contributed by atoms with E-state index in [1.54, 1.807) is 0 Å². The number of anilines is 1. The number of nitrogens with zero attached hydrogens (tertiary/aromatic N) is 3. The van der Waals surface area contributed by atoms with Crippen LogP contribution in [0.2, 0.25) is 0 Å². The minimum atomic E-state index is -0.0281. The van der Waals surface area contributed by atoms with Crippen molar-refractivity contribution in [2.45, 2.75) is 50.9 Å². The molecule has 1 saturated heterocycles. The van der Waals surface area contributed by atoms with Crippen LogP contribution in [0, 0.1) is 5.41 Å². The van der Waals surface area contributed by atoms with Crippen molar-refractivity contribution in [1.29, 1.82) is 0 Å². The number of urea groups is 1. The molecule has 112 valence electrons. The molecule has 21 heavy (non-hydrogen) atoms. The summed E-state index contributed by atoms with van der Waals surface area (Å²) in [5.41, 5.74) is 1.48. The van der Waals surface area contributed by atoms with Crippen LogP contribution in [0.3, 0.4) is 0 Å². The Morgan fingerprint density at radius 3 is 2.52 bits per heavy atom. The molecule has 0 aromatic carbocycles. The summed E-state index contributed by atoms with van der Waals surface area (Å²) in [7, 11) is 0. The van der Waals surface area contributed by atoms with Gasteiger partial charge in [-0.25, -0.2) is 4.79 Å². The highest BCUT2D eigenvalue weighted by molar-refractivity contribution is 5.88. The number of carbonyl (C=O) groups excluding carboxylic acids is 1. The molecular weight excluding hydrogens is 264 g/mol. The van der Waals surface area contributed by atoms with E-state index in [9.17, 15) is 4.79 Å². The van der Waals surface area contributed by atoms with E-state index in [4.69, 9.17) is 0 Å². The summed E-state index contributed by atoms with van der Waals surface area (Å²) in [6.45, 7) is 1.82. The Morgan fingerprint density at radius 1 is 1.14 bits per heavy atom. The third kappa shape index (κ3) is 2.61. The Hall–Kier alpha value is -1.65. The highest BCUT2D eigenvalue weighted by Crippen LogP contribution is 2.43. The molecule has 1 spiro atoms. The van der Waals surface area contributed by atoms with Crippen LogP contribution in [0.4, 0.5) is 10.6 Å². The summed E-state index contributed by atoms with van der Waals surface area (Å²) in [6, 6.07) is 3.83. The molecule has 1 N–H and O–H groups in total. The van der Waals surface area contributed by atoms with Crippen LogP contribution in [0.15, 0.2) is 12.1 Å². The largest absolute Gasteiger partial charge is 0.323 e. The van der Waals surface area contributed by atoms with Gasteiger partial charge in [0.1, 0.15) is 0 Å². The average Bonchev–Trinajstić information content (AvgIpc) is 3.31.